The molecular formula is C10H18FNO5S. The smallest absolute Gasteiger partial charge is 0.407 e. The van der Waals surface area contributed by atoms with Gasteiger partial charge in [-0.15, -0.1) is 0 Å². The van der Waals surface area contributed by atoms with Crippen molar-refractivity contribution in [2.24, 2.45) is 0 Å². The highest BCUT2D eigenvalue weighted by atomic mass is 32.2. The topological polar surface area (TPSA) is 83.9 Å². The molecular weight excluding hydrogens is 265 g/mol. The standard InChI is InChI=1S/C10H18FNO5S/c1-18(15,16)17-7-3-5-10(11)4-2-6-12(8-10)9(13)14/h2-8H2,1H3,(H,13,14). The second kappa shape index (κ2) is 5.83. The van der Waals surface area contributed by atoms with Gasteiger partial charge in [0, 0.05) is 6.54 Å². The first-order valence-electron chi connectivity index (χ1n) is 5.73. The van der Waals surface area contributed by atoms with Crippen LogP contribution in [0.25, 0.3) is 0 Å². The lowest BCUT2D eigenvalue weighted by Crippen LogP contribution is -2.47. The summed E-state index contributed by atoms with van der Waals surface area (Å²) in [6.07, 6.45) is 0.948. The van der Waals surface area contributed by atoms with Gasteiger partial charge in [0.15, 0.2) is 0 Å². The molecule has 1 saturated heterocycles. The monoisotopic (exact) mass is 283 g/mol. The Bertz CT molecular complexity index is 399. The summed E-state index contributed by atoms with van der Waals surface area (Å²) >= 11 is 0. The van der Waals surface area contributed by atoms with Gasteiger partial charge in [-0.2, -0.15) is 8.42 Å². The third kappa shape index (κ3) is 5.18. The highest BCUT2D eigenvalue weighted by Crippen LogP contribution is 2.29. The molecule has 1 N–H and O–H groups in total. The molecule has 6 nitrogen and oxygen atoms in total. The summed E-state index contributed by atoms with van der Waals surface area (Å²) in [7, 11) is -3.50. The van der Waals surface area contributed by atoms with E-state index in [1.54, 1.807) is 0 Å². The van der Waals surface area contributed by atoms with Gasteiger partial charge in [0.1, 0.15) is 5.67 Å². The van der Waals surface area contributed by atoms with Crippen molar-refractivity contribution in [1.29, 1.82) is 0 Å². The SMILES string of the molecule is CS(=O)(=O)OCCCC1(F)CCCN(C(=O)O)C1. The van der Waals surface area contributed by atoms with E-state index in [1.165, 1.54) is 0 Å². The fourth-order valence-electron chi connectivity index (χ4n) is 2.05. The minimum Gasteiger partial charge on any atom is -0.465 e. The van der Waals surface area contributed by atoms with Crippen molar-refractivity contribution in [3.63, 3.8) is 0 Å². The lowest BCUT2D eigenvalue weighted by molar-refractivity contribution is 0.0355. The molecule has 1 rings (SSSR count). The first-order chi connectivity index (χ1) is 8.22. The number of carboxylic acid groups (broad SMARTS) is 1. The second-order valence-corrected chi connectivity index (χ2v) is 6.23. The van der Waals surface area contributed by atoms with E-state index in [4.69, 9.17) is 5.11 Å². The molecule has 0 saturated carbocycles. The van der Waals surface area contributed by atoms with Crippen molar-refractivity contribution in [1.82, 2.24) is 4.90 Å². The van der Waals surface area contributed by atoms with Crippen LogP contribution in [0.15, 0.2) is 0 Å². The van der Waals surface area contributed by atoms with Crippen molar-refractivity contribution in [3.8, 4) is 0 Å². The first kappa shape index (κ1) is 15.2. The summed E-state index contributed by atoms with van der Waals surface area (Å²) in [5, 5.41) is 8.80. The van der Waals surface area contributed by atoms with E-state index in [1.807, 2.05) is 0 Å². The van der Waals surface area contributed by atoms with E-state index in [0.717, 1.165) is 11.2 Å². The van der Waals surface area contributed by atoms with Crippen LogP contribution in [0.5, 0.6) is 0 Å². The fraction of sp³-hybridized carbons (Fsp3) is 0.900. The van der Waals surface area contributed by atoms with E-state index in [9.17, 15) is 17.6 Å². The number of carbonyl (C=O) groups is 1. The Hall–Kier alpha value is -0.890. The molecule has 0 radical (unpaired) electrons. The number of hydrogen-bond acceptors (Lipinski definition) is 4. The molecule has 1 heterocycles. The van der Waals surface area contributed by atoms with Crippen molar-refractivity contribution in [3.05, 3.63) is 0 Å². The number of halogens is 1. The van der Waals surface area contributed by atoms with Gasteiger partial charge in [0.05, 0.1) is 19.4 Å². The zero-order valence-electron chi connectivity index (χ0n) is 10.3. The van der Waals surface area contributed by atoms with Crippen LogP contribution in [0.4, 0.5) is 9.18 Å². The van der Waals surface area contributed by atoms with Gasteiger partial charge in [-0.25, -0.2) is 9.18 Å². The zero-order chi connectivity index (χ0) is 13.8. The van der Waals surface area contributed by atoms with Crippen molar-refractivity contribution in [2.75, 3.05) is 26.0 Å². The highest BCUT2D eigenvalue weighted by Gasteiger charge is 2.36. The van der Waals surface area contributed by atoms with Crippen LogP contribution in [0.3, 0.4) is 0 Å². The molecule has 0 bridgehead atoms. The largest absolute Gasteiger partial charge is 0.465 e. The molecule has 0 aromatic rings. The molecule has 0 aliphatic carbocycles. The van der Waals surface area contributed by atoms with Crippen LogP contribution in [-0.2, 0) is 14.3 Å². The number of piperidine rings is 1. The van der Waals surface area contributed by atoms with E-state index in [0.29, 0.717) is 19.4 Å². The number of likely N-dealkylation sites (tertiary alicyclic amines) is 1. The molecule has 18 heavy (non-hydrogen) atoms. The molecule has 8 heteroatoms. The first-order valence-corrected chi connectivity index (χ1v) is 7.55. The van der Waals surface area contributed by atoms with Crippen molar-refractivity contribution < 1.29 is 26.9 Å². The predicted octanol–water partition coefficient (Wildman–Crippen LogP) is 1.22. The quantitative estimate of drug-likeness (QED) is 0.606. The molecule has 0 aromatic carbocycles. The summed E-state index contributed by atoms with van der Waals surface area (Å²) in [5.41, 5.74) is -1.57. The molecule has 0 aromatic heterocycles. The Kier molecular flexibility index (Phi) is 4.92. The van der Waals surface area contributed by atoms with Crippen LogP contribution >= 0.6 is 0 Å². The van der Waals surface area contributed by atoms with Crippen molar-refractivity contribution >= 4 is 16.2 Å². The summed E-state index contributed by atoms with van der Waals surface area (Å²) in [6, 6.07) is 0. The van der Waals surface area contributed by atoms with Crippen LogP contribution in [0, 0.1) is 0 Å². The average Bonchev–Trinajstić information content (AvgIpc) is 2.23. The number of amides is 1. The Morgan fingerprint density at radius 2 is 2.22 bits per heavy atom. The Morgan fingerprint density at radius 3 is 2.78 bits per heavy atom. The number of nitrogens with zero attached hydrogens (tertiary/aromatic N) is 1. The normalized spacial score (nSPS) is 25.1. The van der Waals surface area contributed by atoms with E-state index < -0.39 is 21.9 Å². The molecule has 1 aliphatic heterocycles. The molecule has 106 valence electrons. The second-order valence-electron chi connectivity index (χ2n) is 4.59. The van der Waals surface area contributed by atoms with Gasteiger partial charge in [-0.1, -0.05) is 0 Å². The lowest BCUT2D eigenvalue weighted by atomic mass is 9.90. The van der Waals surface area contributed by atoms with Gasteiger partial charge in [0.25, 0.3) is 10.1 Å². The van der Waals surface area contributed by atoms with Gasteiger partial charge >= 0.3 is 6.09 Å². The Morgan fingerprint density at radius 1 is 1.56 bits per heavy atom. The van der Waals surface area contributed by atoms with Crippen LogP contribution < -0.4 is 0 Å². The molecule has 1 aliphatic rings. The van der Waals surface area contributed by atoms with Crippen LogP contribution in [0.2, 0.25) is 0 Å². The van der Waals surface area contributed by atoms with E-state index >= 15 is 0 Å². The fourth-order valence-corrected chi connectivity index (χ4v) is 2.47. The zero-order valence-corrected chi connectivity index (χ0v) is 11.1. The molecule has 1 unspecified atom stereocenters. The third-order valence-corrected chi connectivity index (χ3v) is 3.46. The summed E-state index contributed by atoms with van der Waals surface area (Å²) < 4.78 is 40.2. The van der Waals surface area contributed by atoms with Gasteiger partial charge in [-0.3, -0.25) is 4.18 Å². The van der Waals surface area contributed by atoms with Crippen LogP contribution in [-0.4, -0.2) is 56.1 Å². The number of hydrogen-bond donors (Lipinski definition) is 1. The maximum Gasteiger partial charge on any atom is 0.407 e. The maximum atomic E-state index is 14.3. The Balaban J connectivity index is 2.38. The van der Waals surface area contributed by atoms with E-state index in [2.05, 4.69) is 4.18 Å². The van der Waals surface area contributed by atoms with E-state index in [-0.39, 0.29) is 26.0 Å². The number of alkyl halides is 1. The molecule has 1 atom stereocenters. The summed E-state index contributed by atoms with van der Waals surface area (Å²) in [4.78, 5) is 11.8. The van der Waals surface area contributed by atoms with Gasteiger partial charge < -0.3 is 10.0 Å². The average molecular weight is 283 g/mol. The number of rotatable bonds is 5. The minimum absolute atomic E-state index is 0.0719. The minimum atomic E-state index is -3.50. The maximum absolute atomic E-state index is 14.3. The third-order valence-electron chi connectivity index (χ3n) is 2.86. The molecule has 0 spiro atoms. The summed E-state index contributed by atoms with van der Waals surface area (Å²) in [6.45, 7) is 0.125. The summed E-state index contributed by atoms with van der Waals surface area (Å²) in [5.74, 6) is 0. The predicted molar refractivity (Wildman–Crippen MR) is 62.7 cm³/mol. The Labute approximate surface area is 106 Å². The molecule has 1 amide bonds. The highest BCUT2D eigenvalue weighted by molar-refractivity contribution is 7.85. The van der Waals surface area contributed by atoms with Gasteiger partial charge in [-0.05, 0) is 25.7 Å². The van der Waals surface area contributed by atoms with Crippen molar-refractivity contribution in [2.45, 2.75) is 31.4 Å². The lowest BCUT2D eigenvalue weighted by Gasteiger charge is -2.35. The van der Waals surface area contributed by atoms with Crippen LogP contribution in [0.1, 0.15) is 25.7 Å². The molecule has 1 fully saturated rings. The van der Waals surface area contributed by atoms with Gasteiger partial charge in [0.2, 0.25) is 0 Å².